The van der Waals surface area contributed by atoms with Crippen LogP contribution in [0.1, 0.15) is 24.1 Å². The van der Waals surface area contributed by atoms with Crippen LogP contribution in [-0.4, -0.2) is 28.8 Å². The zero-order valence-electron chi connectivity index (χ0n) is 9.69. The maximum Gasteiger partial charge on any atom is 0.247 e. The lowest BCUT2D eigenvalue weighted by Crippen LogP contribution is -2.39. The number of imide groups is 1. The molecule has 4 nitrogen and oxygen atoms in total. The van der Waals surface area contributed by atoms with E-state index in [1.165, 1.54) is 4.90 Å². The number of carbonyl (C=O) groups excluding carboxylic acids is 2. The fourth-order valence-electron chi connectivity index (χ4n) is 2.20. The minimum absolute atomic E-state index is 0.0210. The number of likely N-dealkylation sites (tertiary alicyclic amines) is 1. The Morgan fingerprint density at radius 2 is 2.22 bits per heavy atom. The van der Waals surface area contributed by atoms with E-state index >= 15 is 0 Å². The molecule has 1 saturated carbocycles. The monoisotopic (exact) mass is 328 g/mol. The van der Waals surface area contributed by atoms with Gasteiger partial charge in [-0.2, -0.15) is 0 Å². The molecule has 2 amide bonds. The average molecular weight is 329 g/mol. The summed E-state index contributed by atoms with van der Waals surface area (Å²) in [6, 6.07) is 1.88. The lowest BCUT2D eigenvalue weighted by atomic mass is 10.2. The molecular weight excluding hydrogens is 316 g/mol. The molecule has 3 rings (SSSR count). The van der Waals surface area contributed by atoms with Gasteiger partial charge in [-0.15, -0.1) is 11.3 Å². The van der Waals surface area contributed by atoms with Crippen molar-refractivity contribution in [1.29, 1.82) is 0 Å². The first-order chi connectivity index (χ1) is 8.65. The molecule has 0 radical (unpaired) electrons. The molecule has 1 atom stereocenters. The van der Waals surface area contributed by atoms with Crippen molar-refractivity contribution in [1.82, 2.24) is 10.2 Å². The predicted octanol–water partition coefficient (Wildman–Crippen LogP) is 1.89. The molecule has 1 aliphatic carbocycles. The van der Waals surface area contributed by atoms with Crippen molar-refractivity contribution in [3.63, 3.8) is 0 Å². The Labute approximate surface area is 117 Å². The molecule has 1 aliphatic heterocycles. The summed E-state index contributed by atoms with van der Waals surface area (Å²) < 4.78 is 1.05. The highest BCUT2D eigenvalue weighted by Crippen LogP contribution is 2.31. The molecule has 1 unspecified atom stereocenters. The summed E-state index contributed by atoms with van der Waals surface area (Å²) in [4.78, 5) is 26.4. The Morgan fingerprint density at radius 1 is 1.44 bits per heavy atom. The molecule has 1 N–H and O–H groups in total. The molecule has 2 heterocycles. The maximum absolute atomic E-state index is 12.1. The van der Waals surface area contributed by atoms with Crippen molar-refractivity contribution >= 4 is 39.1 Å². The molecule has 18 heavy (non-hydrogen) atoms. The van der Waals surface area contributed by atoms with E-state index in [2.05, 4.69) is 21.2 Å². The quantitative estimate of drug-likeness (QED) is 0.859. The van der Waals surface area contributed by atoms with Gasteiger partial charge in [0.15, 0.2) is 0 Å². The van der Waals surface area contributed by atoms with Gasteiger partial charge >= 0.3 is 0 Å². The molecule has 1 aromatic heterocycles. The second-order valence-corrected chi connectivity index (χ2v) is 6.61. The smallest absolute Gasteiger partial charge is 0.247 e. The van der Waals surface area contributed by atoms with E-state index in [0.29, 0.717) is 13.0 Å². The van der Waals surface area contributed by atoms with E-state index < -0.39 is 0 Å². The fourth-order valence-corrected chi connectivity index (χ4v) is 3.60. The summed E-state index contributed by atoms with van der Waals surface area (Å²) in [6.45, 7) is 0.637. The standard InChI is InChI=1S/C12H13BrN2O2S/c13-7-3-9(18-6-7)5-14-10-4-11(16)15(12(10)17)8-1-2-8/h3,6,8,10,14H,1-2,4-5H2. The molecule has 0 spiro atoms. The van der Waals surface area contributed by atoms with Crippen molar-refractivity contribution in [2.45, 2.75) is 37.9 Å². The van der Waals surface area contributed by atoms with Crippen LogP contribution >= 0.6 is 27.3 Å². The molecule has 6 heteroatoms. The molecule has 96 valence electrons. The number of amides is 2. The van der Waals surface area contributed by atoms with Crippen molar-refractivity contribution < 1.29 is 9.59 Å². The molecular formula is C12H13BrN2O2S. The largest absolute Gasteiger partial charge is 0.300 e. The molecule has 2 aliphatic rings. The number of hydrogen-bond donors (Lipinski definition) is 1. The third-order valence-corrected chi connectivity index (χ3v) is 4.94. The van der Waals surface area contributed by atoms with Crippen molar-refractivity contribution in [2.75, 3.05) is 0 Å². The Balaban J connectivity index is 1.60. The second-order valence-electron chi connectivity index (χ2n) is 4.70. The third kappa shape index (κ3) is 2.37. The van der Waals surface area contributed by atoms with Crippen LogP contribution in [0.2, 0.25) is 0 Å². The van der Waals surface area contributed by atoms with Crippen molar-refractivity contribution in [3.05, 3.63) is 20.8 Å². The van der Waals surface area contributed by atoms with Crippen LogP contribution in [0.5, 0.6) is 0 Å². The second kappa shape index (κ2) is 4.75. The molecule has 1 saturated heterocycles. The number of nitrogens with one attached hydrogen (secondary N) is 1. The first-order valence-corrected chi connectivity index (χ1v) is 7.64. The highest BCUT2D eigenvalue weighted by atomic mass is 79.9. The Kier molecular flexibility index (Phi) is 3.25. The third-order valence-electron chi connectivity index (χ3n) is 3.24. The van der Waals surface area contributed by atoms with Gasteiger partial charge in [0.1, 0.15) is 0 Å². The summed E-state index contributed by atoms with van der Waals surface area (Å²) in [5.74, 6) is -0.0644. The predicted molar refractivity (Wildman–Crippen MR) is 72.1 cm³/mol. The van der Waals surface area contributed by atoms with E-state index in [1.54, 1.807) is 11.3 Å². The number of nitrogens with zero attached hydrogens (tertiary/aromatic N) is 1. The number of halogens is 1. The lowest BCUT2D eigenvalue weighted by Gasteiger charge is -2.14. The minimum atomic E-state index is -0.334. The lowest BCUT2D eigenvalue weighted by molar-refractivity contribution is -0.139. The van der Waals surface area contributed by atoms with Gasteiger partial charge in [0, 0.05) is 27.3 Å². The zero-order valence-corrected chi connectivity index (χ0v) is 12.1. The van der Waals surface area contributed by atoms with E-state index in [1.807, 2.05) is 11.4 Å². The van der Waals surface area contributed by atoms with Crippen molar-refractivity contribution in [3.8, 4) is 0 Å². The highest BCUT2D eigenvalue weighted by molar-refractivity contribution is 9.10. The number of thiophene rings is 1. The molecule has 0 bridgehead atoms. The summed E-state index contributed by atoms with van der Waals surface area (Å²) in [5, 5.41) is 5.19. The van der Waals surface area contributed by atoms with E-state index in [4.69, 9.17) is 0 Å². The molecule has 0 aromatic carbocycles. The van der Waals surface area contributed by atoms with Crippen LogP contribution in [0.15, 0.2) is 15.9 Å². The minimum Gasteiger partial charge on any atom is -0.300 e. The summed E-state index contributed by atoms with van der Waals surface area (Å²) >= 11 is 5.03. The van der Waals surface area contributed by atoms with Gasteiger partial charge in [-0.1, -0.05) is 0 Å². The van der Waals surface area contributed by atoms with Crippen LogP contribution in [0.4, 0.5) is 0 Å². The van der Waals surface area contributed by atoms with Gasteiger partial charge in [-0.3, -0.25) is 14.5 Å². The highest BCUT2D eigenvalue weighted by Gasteiger charge is 2.45. The van der Waals surface area contributed by atoms with Gasteiger partial charge in [-0.25, -0.2) is 0 Å². The van der Waals surface area contributed by atoms with Crippen LogP contribution in [-0.2, 0) is 16.1 Å². The van der Waals surface area contributed by atoms with Gasteiger partial charge < -0.3 is 5.32 Å². The van der Waals surface area contributed by atoms with Gasteiger partial charge in [0.25, 0.3) is 0 Å². The first kappa shape index (κ1) is 12.3. The zero-order chi connectivity index (χ0) is 12.7. The SMILES string of the molecule is O=C1CC(NCc2cc(Br)cs2)C(=O)N1C1CC1. The Hall–Kier alpha value is -0.720. The van der Waals surface area contributed by atoms with Crippen molar-refractivity contribution in [2.24, 2.45) is 0 Å². The van der Waals surface area contributed by atoms with Gasteiger partial charge in [-0.05, 0) is 34.8 Å². The molecule has 1 aromatic rings. The topological polar surface area (TPSA) is 49.4 Å². The van der Waals surface area contributed by atoms with Crippen LogP contribution < -0.4 is 5.32 Å². The average Bonchev–Trinajstić information content (AvgIpc) is 3.00. The normalized spacial score (nSPS) is 24.1. The fraction of sp³-hybridized carbons (Fsp3) is 0.500. The first-order valence-electron chi connectivity index (χ1n) is 5.97. The van der Waals surface area contributed by atoms with E-state index in [9.17, 15) is 9.59 Å². The van der Waals surface area contributed by atoms with Gasteiger partial charge in [0.2, 0.25) is 11.8 Å². The van der Waals surface area contributed by atoms with Gasteiger partial charge in [0.05, 0.1) is 12.5 Å². The number of hydrogen-bond acceptors (Lipinski definition) is 4. The Bertz CT molecular complexity index is 498. The van der Waals surface area contributed by atoms with Crippen LogP contribution in [0.3, 0.4) is 0 Å². The Morgan fingerprint density at radius 3 is 2.83 bits per heavy atom. The molecule has 2 fully saturated rings. The summed E-state index contributed by atoms with van der Waals surface area (Å²) in [6.07, 6.45) is 2.26. The summed E-state index contributed by atoms with van der Waals surface area (Å²) in [7, 11) is 0. The number of carbonyl (C=O) groups is 2. The van der Waals surface area contributed by atoms with Crippen LogP contribution in [0, 0.1) is 0 Å². The summed E-state index contributed by atoms with van der Waals surface area (Å²) in [5.41, 5.74) is 0. The number of rotatable bonds is 4. The van der Waals surface area contributed by atoms with E-state index in [0.717, 1.165) is 22.2 Å². The van der Waals surface area contributed by atoms with E-state index in [-0.39, 0.29) is 23.9 Å². The van der Waals surface area contributed by atoms with Crippen LogP contribution in [0.25, 0.3) is 0 Å². The maximum atomic E-state index is 12.1.